The first kappa shape index (κ1) is 15.0. The SMILES string of the molecule is O=[N+]([O-])c1ccsc1N1CCCC(NCC(F)(F)F)C1. The molecule has 0 radical (unpaired) electrons. The molecule has 1 N–H and O–H groups in total. The normalized spacial score (nSPS) is 20.1. The highest BCUT2D eigenvalue weighted by atomic mass is 32.1. The summed E-state index contributed by atoms with van der Waals surface area (Å²) >= 11 is 1.24. The molecule has 1 fully saturated rings. The fraction of sp³-hybridized carbons (Fsp3) is 0.636. The summed E-state index contributed by atoms with van der Waals surface area (Å²) in [6, 6.07) is 1.12. The van der Waals surface area contributed by atoms with E-state index in [0.29, 0.717) is 30.9 Å². The smallest absolute Gasteiger partial charge is 0.356 e. The summed E-state index contributed by atoms with van der Waals surface area (Å²) in [5.74, 6) is 0. The third kappa shape index (κ3) is 3.83. The van der Waals surface area contributed by atoms with Crippen molar-refractivity contribution in [2.24, 2.45) is 0 Å². The summed E-state index contributed by atoms with van der Waals surface area (Å²) < 4.78 is 36.6. The second-order valence-corrected chi connectivity index (χ2v) is 5.54. The van der Waals surface area contributed by atoms with Crippen molar-refractivity contribution in [1.29, 1.82) is 0 Å². The molecule has 1 aliphatic heterocycles. The molecule has 0 saturated carbocycles. The molecule has 9 heteroatoms. The van der Waals surface area contributed by atoms with Crippen molar-refractivity contribution in [3.05, 3.63) is 21.6 Å². The summed E-state index contributed by atoms with van der Waals surface area (Å²) in [7, 11) is 0. The van der Waals surface area contributed by atoms with E-state index in [2.05, 4.69) is 5.32 Å². The molecule has 0 aromatic carbocycles. The number of nitrogens with one attached hydrogen (secondary N) is 1. The standard InChI is InChI=1S/C11H14F3N3O2S/c12-11(13,14)7-15-8-2-1-4-16(6-8)10-9(17(18)19)3-5-20-10/h3,5,8,15H,1-2,4,6-7H2. The number of hydrogen-bond acceptors (Lipinski definition) is 5. The number of anilines is 1. The van der Waals surface area contributed by atoms with Crippen LogP contribution < -0.4 is 10.2 Å². The van der Waals surface area contributed by atoms with Gasteiger partial charge < -0.3 is 10.2 Å². The van der Waals surface area contributed by atoms with Crippen LogP contribution in [0.4, 0.5) is 23.9 Å². The van der Waals surface area contributed by atoms with Crippen molar-refractivity contribution >= 4 is 22.0 Å². The van der Waals surface area contributed by atoms with E-state index in [-0.39, 0.29) is 11.7 Å². The van der Waals surface area contributed by atoms with Crippen LogP contribution in [0.3, 0.4) is 0 Å². The highest BCUT2D eigenvalue weighted by Gasteiger charge is 2.31. The highest BCUT2D eigenvalue weighted by molar-refractivity contribution is 7.14. The zero-order valence-corrected chi connectivity index (χ0v) is 11.3. The van der Waals surface area contributed by atoms with Crippen molar-refractivity contribution in [1.82, 2.24) is 5.32 Å². The third-order valence-electron chi connectivity index (χ3n) is 3.12. The largest absolute Gasteiger partial charge is 0.401 e. The Morgan fingerprint density at radius 2 is 2.30 bits per heavy atom. The van der Waals surface area contributed by atoms with E-state index in [9.17, 15) is 23.3 Å². The van der Waals surface area contributed by atoms with E-state index in [1.165, 1.54) is 17.4 Å². The Bertz CT molecular complexity index is 478. The van der Waals surface area contributed by atoms with Gasteiger partial charge in [0.05, 0.1) is 11.5 Å². The summed E-state index contributed by atoms with van der Waals surface area (Å²) in [6.07, 6.45) is -2.88. The molecular formula is C11H14F3N3O2S. The van der Waals surface area contributed by atoms with Crippen LogP contribution in [-0.4, -0.2) is 36.8 Å². The fourth-order valence-electron chi connectivity index (χ4n) is 2.26. The topological polar surface area (TPSA) is 58.4 Å². The zero-order chi connectivity index (χ0) is 14.8. The van der Waals surface area contributed by atoms with Gasteiger partial charge in [0.25, 0.3) is 0 Å². The van der Waals surface area contributed by atoms with E-state index < -0.39 is 17.6 Å². The van der Waals surface area contributed by atoms with Crippen molar-refractivity contribution in [3.8, 4) is 0 Å². The number of hydrogen-bond donors (Lipinski definition) is 1. The minimum atomic E-state index is -4.24. The van der Waals surface area contributed by atoms with Gasteiger partial charge in [-0.2, -0.15) is 13.2 Å². The summed E-state index contributed by atoms with van der Waals surface area (Å²) in [4.78, 5) is 12.2. The van der Waals surface area contributed by atoms with Crippen LogP contribution in [0, 0.1) is 10.1 Å². The summed E-state index contributed by atoms with van der Waals surface area (Å²) in [6.45, 7) is -0.0406. The van der Waals surface area contributed by atoms with Crippen LogP contribution in [0.1, 0.15) is 12.8 Å². The molecule has 2 heterocycles. The Kier molecular flexibility index (Phi) is 4.48. The quantitative estimate of drug-likeness (QED) is 0.686. The lowest BCUT2D eigenvalue weighted by Gasteiger charge is -2.33. The van der Waals surface area contributed by atoms with Crippen LogP contribution in [0.15, 0.2) is 11.4 Å². The highest BCUT2D eigenvalue weighted by Crippen LogP contribution is 2.35. The van der Waals surface area contributed by atoms with Gasteiger partial charge in [-0.1, -0.05) is 0 Å². The van der Waals surface area contributed by atoms with Crippen LogP contribution in [-0.2, 0) is 0 Å². The Morgan fingerprint density at radius 1 is 1.55 bits per heavy atom. The number of thiophene rings is 1. The van der Waals surface area contributed by atoms with Gasteiger partial charge in [0.2, 0.25) is 0 Å². The molecule has 1 aromatic rings. The number of rotatable bonds is 4. The molecule has 20 heavy (non-hydrogen) atoms. The molecule has 0 aliphatic carbocycles. The molecule has 112 valence electrons. The summed E-state index contributed by atoms with van der Waals surface area (Å²) in [5.41, 5.74) is 0.0199. The number of nitro groups is 1. The molecule has 1 saturated heterocycles. The van der Waals surface area contributed by atoms with Crippen molar-refractivity contribution in [3.63, 3.8) is 0 Å². The maximum Gasteiger partial charge on any atom is 0.401 e. The van der Waals surface area contributed by atoms with Crippen LogP contribution in [0.25, 0.3) is 0 Å². The van der Waals surface area contributed by atoms with Crippen LogP contribution in [0.5, 0.6) is 0 Å². The average Bonchev–Trinajstić information content (AvgIpc) is 2.85. The van der Waals surface area contributed by atoms with Gasteiger partial charge in [-0.15, -0.1) is 11.3 Å². The Balaban J connectivity index is 2.00. The summed E-state index contributed by atoms with van der Waals surface area (Å²) in [5, 5.41) is 15.5. The zero-order valence-electron chi connectivity index (χ0n) is 10.5. The first-order chi connectivity index (χ1) is 9.37. The number of piperidine rings is 1. The molecule has 2 rings (SSSR count). The average molecular weight is 309 g/mol. The van der Waals surface area contributed by atoms with Gasteiger partial charge in [0.15, 0.2) is 5.00 Å². The number of halogens is 3. The van der Waals surface area contributed by atoms with E-state index in [4.69, 9.17) is 0 Å². The molecule has 1 unspecified atom stereocenters. The molecular weight excluding hydrogens is 295 g/mol. The van der Waals surface area contributed by atoms with Crippen molar-refractivity contribution in [2.75, 3.05) is 24.5 Å². The van der Waals surface area contributed by atoms with Crippen molar-refractivity contribution < 1.29 is 18.1 Å². The molecule has 0 bridgehead atoms. The van der Waals surface area contributed by atoms with Crippen LogP contribution in [0.2, 0.25) is 0 Å². The lowest BCUT2D eigenvalue weighted by molar-refractivity contribution is -0.383. The van der Waals surface area contributed by atoms with Gasteiger partial charge in [0, 0.05) is 25.2 Å². The van der Waals surface area contributed by atoms with E-state index in [1.54, 1.807) is 10.3 Å². The molecule has 0 amide bonds. The Labute approximate surface area is 117 Å². The van der Waals surface area contributed by atoms with Gasteiger partial charge in [-0.25, -0.2) is 0 Å². The van der Waals surface area contributed by atoms with Crippen molar-refractivity contribution in [2.45, 2.75) is 25.1 Å². The molecule has 0 spiro atoms. The van der Waals surface area contributed by atoms with E-state index >= 15 is 0 Å². The Hall–Kier alpha value is -1.35. The monoisotopic (exact) mass is 309 g/mol. The van der Waals surface area contributed by atoms with Gasteiger partial charge in [0.1, 0.15) is 0 Å². The van der Waals surface area contributed by atoms with E-state index in [0.717, 1.165) is 0 Å². The second-order valence-electron chi connectivity index (χ2n) is 4.65. The molecule has 1 atom stereocenters. The van der Waals surface area contributed by atoms with Gasteiger partial charge in [-0.05, 0) is 18.2 Å². The first-order valence-electron chi connectivity index (χ1n) is 6.14. The van der Waals surface area contributed by atoms with E-state index in [1.807, 2.05) is 0 Å². The molecule has 1 aliphatic rings. The molecule has 1 aromatic heterocycles. The minimum absolute atomic E-state index is 0.0199. The maximum atomic E-state index is 12.2. The predicted octanol–water partition coefficient (Wildman–Crippen LogP) is 2.78. The number of alkyl halides is 3. The predicted molar refractivity (Wildman–Crippen MR) is 70.3 cm³/mol. The number of nitrogens with zero attached hydrogens (tertiary/aromatic N) is 2. The fourth-order valence-corrected chi connectivity index (χ4v) is 3.16. The maximum absolute atomic E-state index is 12.2. The second kappa shape index (κ2) is 5.96. The first-order valence-corrected chi connectivity index (χ1v) is 7.02. The third-order valence-corrected chi connectivity index (χ3v) is 4.08. The Morgan fingerprint density at radius 3 is 2.95 bits per heavy atom. The lowest BCUT2D eigenvalue weighted by Crippen LogP contribution is -2.48. The van der Waals surface area contributed by atoms with Gasteiger partial charge >= 0.3 is 11.9 Å². The van der Waals surface area contributed by atoms with Crippen LogP contribution >= 0.6 is 11.3 Å². The van der Waals surface area contributed by atoms with Gasteiger partial charge in [-0.3, -0.25) is 10.1 Å². The lowest BCUT2D eigenvalue weighted by atomic mass is 10.1. The minimum Gasteiger partial charge on any atom is -0.356 e. The molecule has 5 nitrogen and oxygen atoms in total.